The number of aromatic nitrogens is 5. The van der Waals surface area contributed by atoms with Crippen molar-refractivity contribution in [3.05, 3.63) is 41.5 Å². The summed E-state index contributed by atoms with van der Waals surface area (Å²) >= 11 is 0. The van der Waals surface area contributed by atoms with Crippen molar-refractivity contribution in [2.24, 2.45) is 5.92 Å². The number of halogens is 7. The zero-order valence-electron chi connectivity index (χ0n) is 22.5. The molecule has 2 aromatic heterocycles. The number of aromatic amines is 1. The van der Waals surface area contributed by atoms with E-state index >= 15 is 0 Å². The van der Waals surface area contributed by atoms with E-state index in [1.165, 1.54) is 0 Å². The Labute approximate surface area is 235 Å². The second-order valence-electron chi connectivity index (χ2n) is 10.5. The van der Waals surface area contributed by atoms with Crippen molar-refractivity contribution < 1.29 is 40.3 Å². The summed E-state index contributed by atoms with van der Waals surface area (Å²) < 4.78 is 90.2. The predicted octanol–water partition coefficient (Wildman–Crippen LogP) is 5.63. The number of carbonyl (C=O) groups is 2. The largest absolute Gasteiger partial charge is 0.389 e. The Kier molecular flexibility index (Phi) is 9.40. The lowest BCUT2D eigenvalue weighted by atomic mass is 9.81. The molecule has 42 heavy (non-hydrogen) atoms. The molecule has 0 saturated heterocycles. The number of hydrogen-bond donors (Lipinski definition) is 3. The van der Waals surface area contributed by atoms with Crippen molar-refractivity contribution in [3.63, 3.8) is 0 Å². The average molecular weight is 606 g/mol. The number of benzene rings is 1. The van der Waals surface area contributed by atoms with Gasteiger partial charge in [0.2, 0.25) is 18.3 Å². The van der Waals surface area contributed by atoms with Crippen LogP contribution in [0.2, 0.25) is 0 Å². The number of carbonyl (C=O) groups excluding carboxylic acids is 2. The van der Waals surface area contributed by atoms with Crippen molar-refractivity contribution in [3.8, 4) is 0 Å². The maximum Gasteiger partial charge on any atom is 0.389 e. The molecule has 9 nitrogen and oxygen atoms in total. The van der Waals surface area contributed by atoms with Gasteiger partial charge in [0.15, 0.2) is 5.69 Å². The molecular formula is C26H30F7N7O2. The van der Waals surface area contributed by atoms with Gasteiger partial charge in [0.05, 0.1) is 42.3 Å². The quantitative estimate of drug-likeness (QED) is 0.245. The minimum atomic E-state index is -4.45. The summed E-state index contributed by atoms with van der Waals surface area (Å²) in [6.45, 7) is 1.42. The highest BCUT2D eigenvalue weighted by Crippen LogP contribution is 2.41. The molecule has 4 rings (SSSR count). The average Bonchev–Trinajstić information content (AvgIpc) is 3.56. The fraction of sp³-hybridized carbons (Fsp3) is 0.577. The maximum atomic E-state index is 13.9. The van der Waals surface area contributed by atoms with Gasteiger partial charge >= 0.3 is 6.18 Å². The molecule has 230 valence electrons. The second kappa shape index (κ2) is 12.7. The molecule has 2 heterocycles. The van der Waals surface area contributed by atoms with Crippen LogP contribution >= 0.6 is 0 Å². The number of fused-ring (bicyclic) bond motifs is 1. The molecule has 0 aliphatic heterocycles. The Morgan fingerprint density at radius 1 is 1.17 bits per heavy atom. The van der Waals surface area contributed by atoms with Crippen LogP contribution in [0.25, 0.3) is 11.0 Å². The summed E-state index contributed by atoms with van der Waals surface area (Å²) in [5.74, 6) is -4.38. The fourth-order valence-corrected chi connectivity index (χ4v) is 4.86. The third-order valence-corrected chi connectivity index (χ3v) is 7.17. The van der Waals surface area contributed by atoms with Crippen LogP contribution in [0.15, 0.2) is 24.4 Å². The third kappa shape index (κ3) is 8.41. The van der Waals surface area contributed by atoms with Gasteiger partial charge in [-0.2, -0.15) is 23.1 Å². The summed E-state index contributed by atoms with van der Waals surface area (Å²) in [5.41, 5.74) is 1.42. The van der Waals surface area contributed by atoms with Gasteiger partial charge in [-0.05, 0) is 43.4 Å². The first-order chi connectivity index (χ1) is 19.7. The molecule has 0 bridgehead atoms. The zero-order chi connectivity index (χ0) is 30.7. The Hall–Kier alpha value is -3.72. The molecule has 1 fully saturated rings. The van der Waals surface area contributed by atoms with E-state index in [9.17, 15) is 40.3 Å². The highest BCUT2D eigenvalue weighted by Gasteiger charge is 2.39. The van der Waals surface area contributed by atoms with Crippen molar-refractivity contribution in [2.75, 3.05) is 0 Å². The summed E-state index contributed by atoms with van der Waals surface area (Å²) in [6, 6.07) is 3.49. The van der Waals surface area contributed by atoms with E-state index in [0.717, 1.165) is 11.0 Å². The van der Waals surface area contributed by atoms with Crippen molar-refractivity contribution >= 4 is 22.8 Å². The highest BCUT2D eigenvalue weighted by molar-refractivity contribution is 5.92. The highest BCUT2D eigenvalue weighted by atomic mass is 19.4. The predicted molar refractivity (Wildman–Crippen MR) is 136 cm³/mol. The fourth-order valence-electron chi connectivity index (χ4n) is 4.86. The van der Waals surface area contributed by atoms with Gasteiger partial charge in [0.25, 0.3) is 5.91 Å². The summed E-state index contributed by atoms with van der Waals surface area (Å²) in [6.07, 6.45) is -8.86. The van der Waals surface area contributed by atoms with Crippen molar-refractivity contribution in [1.82, 2.24) is 35.6 Å². The number of nitrogens with one attached hydrogen (secondary N) is 3. The minimum Gasteiger partial charge on any atom is -0.350 e. The molecule has 16 heteroatoms. The lowest BCUT2D eigenvalue weighted by Crippen LogP contribution is -2.38. The lowest BCUT2D eigenvalue weighted by molar-refractivity contribution is -0.144. The molecule has 1 aliphatic rings. The second-order valence-corrected chi connectivity index (χ2v) is 10.5. The van der Waals surface area contributed by atoms with Crippen LogP contribution in [-0.2, 0) is 11.3 Å². The topological polar surface area (TPSA) is 118 Å². The number of rotatable bonds is 11. The summed E-state index contributed by atoms with van der Waals surface area (Å²) in [5, 5.41) is 13.1. The van der Waals surface area contributed by atoms with Crippen LogP contribution in [0.4, 0.5) is 30.7 Å². The van der Waals surface area contributed by atoms with Crippen LogP contribution in [0.1, 0.15) is 85.8 Å². The van der Waals surface area contributed by atoms with Crippen molar-refractivity contribution in [2.45, 2.75) is 89.0 Å². The van der Waals surface area contributed by atoms with Crippen LogP contribution < -0.4 is 10.6 Å². The first kappa shape index (κ1) is 31.2. The van der Waals surface area contributed by atoms with Gasteiger partial charge in [-0.3, -0.25) is 9.59 Å². The molecule has 1 aromatic carbocycles. The lowest BCUT2D eigenvalue weighted by Gasteiger charge is -2.33. The number of alkyl halides is 7. The first-order valence-corrected chi connectivity index (χ1v) is 13.4. The Balaban J connectivity index is 1.53. The minimum absolute atomic E-state index is 0.0995. The molecule has 1 aliphatic carbocycles. The molecular weight excluding hydrogens is 575 g/mol. The van der Waals surface area contributed by atoms with Gasteiger partial charge in [-0.25, -0.2) is 22.5 Å². The Morgan fingerprint density at radius 2 is 1.88 bits per heavy atom. The SMILES string of the molecule is C[C@@H](NC(=O)CCC(F)(F)F)c1ccc2nc([C@@H](NC(=O)c3cnn(CCC(F)F)n3)C3CCC(F)(F)CC3)[nH]c2c1. The van der Waals surface area contributed by atoms with Gasteiger partial charge in [-0.15, -0.1) is 5.10 Å². The molecule has 1 saturated carbocycles. The molecule has 2 amide bonds. The molecule has 3 aromatic rings. The zero-order valence-corrected chi connectivity index (χ0v) is 22.5. The van der Waals surface area contributed by atoms with Crippen LogP contribution in [0.5, 0.6) is 0 Å². The van der Waals surface area contributed by atoms with Crippen LogP contribution in [0, 0.1) is 5.92 Å². The number of imidazole rings is 1. The molecule has 3 N–H and O–H groups in total. The molecule has 0 radical (unpaired) electrons. The molecule has 0 unspecified atom stereocenters. The molecule has 2 atom stereocenters. The number of H-pyrrole nitrogens is 1. The van der Waals surface area contributed by atoms with E-state index in [4.69, 9.17) is 0 Å². The smallest absolute Gasteiger partial charge is 0.350 e. The van der Waals surface area contributed by atoms with Crippen LogP contribution in [-0.4, -0.2) is 55.3 Å². The molecule has 0 spiro atoms. The monoisotopic (exact) mass is 605 g/mol. The van der Waals surface area contributed by atoms with Gasteiger partial charge < -0.3 is 15.6 Å². The number of aryl methyl sites for hydroxylation is 1. The standard InChI is InChI=1S/C26H30F7N7O2/c1-14(35-21(41)6-10-26(31,32)33)16-2-3-17-18(12-16)37-23(36-17)22(15-4-8-25(29,30)9-5-15)38-24(42)19-13-34-40(39-19)11-7-20(27)28/h2-3,12-15,20,22H,4-11H2,1H3,(H,35,41)(H,36,37)(H,38,42)/t14-,22+/m1/s1. The van der Waals surface area contributed by atoms with Gasteiger partial charge in [0, 0.05) is 25.7 Å². The number of amides is 2. The van der Waals surface area contributed by atoms with E-state index < -0.39 is 67.6 Å². The maximum absolute atomic E-state index is 13.9. The van der Waals surface area contributed by atoms with E-state index in [1.54, 1.807) is 25.1 Å². The Morgan fingerprint density at radius 3 is 2.55 bits per heavy atom. The first-order valence-electron chi connectivity index (χ1n) is 13.4. The number of hydrogen-bond acceptors (Lipinski definition) is 5. The van der Waals surface area contributed by atoms with Crippen LogP contribution in [0.3, 0.4) is 0 Å². The van der Waals surface area contributed by atoms with E-state index in [2.05, 4.69) is 30.8 Å². The van der Waals surface area contributed by atoms with Gasteiger partial charge in [0.1, 0.15) is 5.82 Å². The number of nitrogens with zero attached hydrogens (tertiary/aromatic N) is 4. The van der Waals surface area contributed by atoms with Crippen molar-refractivity contribution in [1.29, 1.82) is 0 Å². The Bertz CT molecular complexity index is 1380. The van der Waals surface area contributed by atoms with E-state index in [0.29, 0.717) is 16.6 Å². The third-order valence-electron chi connectivity index (χ3n) is 7.17. The van der Waals surface area contributed by atoms with E-state index in [1.807, 2.05) is 0 Å². The summed E-state index contributed by atoms with van der Waals surface area (Å²) in [4.78, 5) is 33.6. The van der Waals surface area contributed by atoms with E-state index in [-0.39, 0.29) is 43.7 Å². The van der Waals surface area contributed by atoms with Gasteiger partial charge in [-0.1, -0.05) is 6.07 Å². The normalized spacial score (nSPS) is 17.4. The summed E-state index contributed by atoms with van der Waals surface area (Å²) in [7, 11) is 0.